The van der Waals surface area contributed by atoms with E-state index < -0.39 is 16.2 Å². The largest absolute Gasteiger partial charge is 0.383 e. The molecule has 4 atom stereocenters. The molecular weight excluding hydrogens is 414 g/mol. The van der Waals surface area contributed by atoms with Gasteiger partial charge in [-0.15, -0.1) is 0 Å². The summed E-state index contributed by atoms with van der Waals surface area (Å²) in [6.45, 7) is 0. The number of nitrogens with zero attached hydrogens (tertiary/aromatic N) is 1. The Balaban J connectivity index is 1.36. The Bertz CT molecular complexity index is 1090. The fourth-order valence-corrected chi connectivity index (χ4v) is 4.95. The summed E-state index contributed by atoms with van der Waals surface area (Å²) in [5.74, 6) is 0.574. The number of piperidine rings is 1. The van der Waals surface area contributed by atoms with Crippen LogP contribution in [0, 0.1) is 17.2 Å². The summed E-state index contributed by atoms with van der Waals surface area (Å²) >= 11 is 0. The number of rotatable bonds is 7. The second kappa shape index (κ2) is 8.69. The highest BCUT2D eigenvalue weighted by Gasteiger charge is 2.43. The Morgan fingerprint density at radius 3 is 2.32 bits per heavy atom. The monoisotopic (exact) mass is 439 g/mol. The fraction of sp³-hybridized carbons (Fsp3) is 0.391. The van der Waals surface area contributed by atoms with Gasteiger partial charge in [0, 0.05) is 12.5 Å². The number of fused-ring (bicyclic) bond motifs is 2. The van der Waals surface area contributed by atoms with E-state index in [1.807, 2.05) is 24.3 Å². The van der Waals surface area contributed by atoms with E-state index in [9.17, 15) is 18.5 Å². The molecule has 2 aromatic rings. The lowest BCUT2D eigenvalue weighted by molar-refractivity contribution is -0.124. The van der Waals surface area contributed by atoms with Gasteiger partial charge in [0.15, 0.2) is 0 Å². The number of benzene rings is 2. The molecule has 0 aromatic heterocycles. The highest BCUT2D eigenvalue weighted by Crippen LogP contribution is 2.35. The van der Waals surface area contributed by atoms with Gasteiger partial charge in [0.1, 0.15) is 11.8 Å². The van der Waals surface area contributed by atoms with Crippen molar-refractivity contribution >= 4 is 16.0 Å². The Morgan fingerprint density at radius 2 is 1.81 bits per heavy atom. The molecule has 1 saturated heterocycles. The Labute approximate surface area is 182 Å². The van der Waals surface area contributed by atoms with Crippen LogP contribution in [0.1, 0.15) is 24.8 Å². The maximum Gasteiger partial charge on any atom is 0.306 e. The molecule has 31 heavy (non-hydrogen) atoms. The van der Waals surface area contributed by atoms with Crippen molar-refractivity contribution in [1.29, 1.82) is 5.26 Å². The fourth-order valence-electron chi connectivity index (χ4n) is 4.49. The molecule has 1 aliphatic heterocycles. The van der Waals surface area contributed by atoms with Crippen LogP contribution in [0.15, 0.2) is 48.5 Å². The molecule has 4 rings (SSSR count). The Morgan fingerprint density at radius 1 is 1.16 bits per heavy atom. The minimum absolute atomic E-state index is 0.0771. The summed E-state index contributed by atoms with van der Waals surface area (Å²) in [5.41, 5.74) is 2.83. The Kier molecular flexibility index (Phi) is 5.99. The van der Waals surface area contributed by atoms with E-state index in [2.05, 4.69) is 16.7 Å². The van der Waals surface area contributed by atoms with Crippen LogP contribution in [0.3, 0.4) is 0 Å². The smallest absolute Gasteiger partial charge is 0.306 e. The highest BCUT2D eigenvalue weighted by molar-refractivity contribution is 7.86. The van der Waals surface area contributed by atoms with E-state index in [1.165, 1.54) is 0 Å². The minimum atomic E-state index is -3.55. The summed E-state index contributed by atoms with van der Waals surface area (Å²) in [6.07, 6.45) is 4.71. The number of carbonyl (C=O) groups is 1. The van der Waals surface area contributed by atoms with Crippen molar-refractivity contribution in [1.82, 2.24) is 10.6 Å². The zero-order valence-electron chi connectivity index (χ0n) is 17.2. The summed E-state index contributed by atoms with van der Waals surface area (Å²) < 4.78 is 27.3. The maximum absolute atomic E-state index is 12.6. The van der Waals surface area contributed by atoms with Gasteiger partial charge in [-0.1, -0.05) is 36.4 Å². The number of nitriles is 1. The van der Waals surface area contributed by atoms with E-state index in [0.717, 1.165) is 42.2 Å². The van der Waals surface area contributed by atoms with E-state index in [4.69, 9.17) is 4.18 Å². The van der Waals surface area contributed by atoms with E-state index >= 15 is 0 Å². The van der Waals surface area contributed by atoms with Crippen molar-refractivity contribution in [3.8, 4) is 22.9 Å². The first-order valence-electron chi connectivity index (χ1n) is 10.4. The molecule has 162 valence electrons. The first kappa shape index (κ1) is 21.3. The van der Waals surface area contributed by atoms with Crippen LogP contribution in [0.4, 0.5) is 0 Å². The predicted octanol–water partition coefficient (Wildman–Crippen LogP) is 2.38. The van der Waals surface area contributed by atoms with Crippen LogP contribution in [-0.2, 0) is 21.3 Å². The predicted molar refractivity (Wildman–Crippen MR) is 117 cm³/mol. The number of hydrogen-bond acceptors (Lipinski definition) is 6. The van der Waals surface area contributed by atoms with Gasteiger partial charge in [0.2, 0.25) is 5.91 Å². The van der Waals surface area contributed by atoms with Crippen LogP contribution in [-0.4, -0.2) is 38.7 Å². The van der Waals surface area contributed by atoms with Crippen LogP contribution in [0.2, 0.25) is 0 Å². The van der Waals surface area contributed by atoms with Crippen molar-refractivity contribution in [2.24, 2.45) is 5.92 Å². The van der Waals surface area contributed by atoms with Crippen molar-refractivity contribution in [3.63, 3.8) is 0 Å². The molecule has 2 aliphatic rings. The molecule has 1 saturated carbocycles. The van der Waals surface area contributed by atoms with Gasteiger partial charge in [-0.2, -0.15) is 13.7 Å². The molecule has 2 N–H and O–H groups in total. The van der Waals surface area contributed by atoms with E-state index in [0.29, 0.717) is 18.4 Å². The number of hydrogen-bond donors (Lipinski definition) is 2. The van der Waals surface area contributed by atoms with Gasteiger partial charge in [0.25, 0.3) is 0 Å². The summed E-state index contributed by atoms with van der Waals surface area (Å²) in [5, 5.41) is 15.8. The molecule has 4 unspecified atom stereocenters. The van der Waals surface area contributed by atoms with Gasteiger partial charge in [-0.25, -0.2) is 0 Å². The number of nitrogens with one attached hydrogen (secondary N) is 2. The van der Waals surface area contributed by atoms with E-state index in [1.54, 1.807) is 24.3 Å². The van der Waals surface area contributed by atoms with Gasteiger partial charge in [-0.05, 0) is 54.0 Å². The molecule has 7 nitrogen and oxygen atoms in total. The summed E-state index contributed by atoms with van der Waals surface area (Å²) in [7, 11) is -3.55. The maximum atomic E-state index is 12.6. The van der Waals surface area contributed by atoms with E-state index in [-0.39, 0.29) is 17.7 Å². The third kappa shape index (κ3) is 5.24. The highest BCUT2D eigenvalue weighted by atomic mass is 32.2. The molecule has 2 aromatic carbocycles. The molecule has 2 bridgehead atoms. The summed E-state index contributed by atoms with van der Waals surface area (Å²) in [4.78, 5) is 12.6. The van der Waals surface area contributed by atoms with Crippen molar-refractivity contribution in [2.45, 2.75) is 43.8 Å². The van der Waals surface area contributed by atoms with Gasteiger partial charge in [-0.3, -0.25) is 4.79 Å². The molecule has 1 amide bonds. The average molecular weight is 440 g/mol. The first-order valence-corrected chi connectivity index (χ1v) is 12.2. The molecule has 0 spiro atoms. The van der Waals surface area contributed by atoms with Crippen molar-refractivity contribution in [3.05, 3.63) is 54.1 Å². The average Bonchev–Trinajstić information content (AvgIpc) is 3.37. The standard InChI is InChI=1S/C23H25N3O4S/c1-31(28,29)30-21-10-7-17(8-11-21)16-4-2-15(3-5-16)12-20(14-24)26-23(27)22-18-6-9-19(13-18)25-22/h2-5,7-8,10-11,18-20,22,25H,6,9,12-13H2,1H3,(H,26,27). The lowest BCUT2D eigenvalue weighted by atomic mass is 9.98. The molecule has 8 heteroatoms. The topological polar surface area (TPSA) is 108 Å². The minimum Gasteiger partial charge on any atom is -0.383 e. The quantitative estimate of drug-likeness (QED) is 0.642. The second-order valence-corrected chi connectivity index (χ2v) is 9.89. The van der Waals surface area contributed by atoms with Crippen LogP contribution in [0.25, 0.3) is 11.1 Å². The SMILES string of the molecule is CS(=O)(=O)Oc1ccc(-c2ccc(CC(C#N)NC(=O)C3NC4CCC3C4)cc2)cc1. The zero-order valence-corrected chi connectivity index (χ0v) is 18.1. The van der Waals surface area contributed by atoms with Crippen LogP contribution >= 0.6 is 0 Å². The van der Waals surface area contributed by atoms with Crippen molar-refractivity contribution < 1.29 is 17.4 Å². The molecule has 2 fully saturated rings. The normalized spacial score (nSPS) is 23.2. The Hall–Kier alpha value is -2.89. The molecule has 1 aliphatic carbocycles. The molecular formula is C23H25N3O4S. The van der Waals surface area contributed by atoms with Gasteiger partial charge < -0.3 is 14.8 Å². The lowest BCUT2D eigenvalue weighted by Gasteiger charge is -2.23. The molecule has 0 radical (unpaired) electrons. The molecule has 1 heterocycles. The lowest BCUT2D eigenvalue weighted by Crippen LogP contribution is -2.50. The third-order valence-electron chi connectivity index (χ3n) is 5.94. The van der Waals surface area contributed by atoms with Crippen molar-refractivity contribution in [2.75, 3.05) is 6.26 Å². The zero-order chi connectivity index (χ0) is 22.0. The number of amides is 1. The first-order chi connectivity index (χ1) is 14.8. The van der Waals surface area contributed by atoms with Gasteiger partial charge in [0.05, 0.1) is 18.4 Å². The van der Waals surface area contributed by atoms with Gasteiger partial charge >= 0.3 is 10.1 Å². The second-order valence-electron chi connectivity index (χ2n) is 8.32. The van der Waals surface area contributed by atoms with Crippen LogP contribution < -0.4 is 14.8 Å². The number of carbonyl (C=O) groups excluding carboxylic acids is 1. The summed E-state index contributed by atoms with van der Waals surface area (Å²) in [6, 6.07) is 16.4. The van der Waals surface area contributed by atoms with Crippen LogP contribution in [0.5, 0.6) is 5.75 Å². The third-order valence-corrected chi connectivity index (χ3v) is 6.44.